The van der Waals surface area contributed by atoms with E-state index in [2.05, 4.69) is 21.2 Å². The largest absolute Gasteiger partial charge is 0.496 e. The Morgan fingerprint density at radius 1 is 1.11 bits per heavy atom. The van der Waals surface area contributed by atoms with E-state index in [0.717, 1.165) is 15.1 Å². The van der Waals surface area contributed by atoms with Crippen molar-refractivity contribution in [2.24, 2.45) is 0 Å². The molecular formula is C20H19BrN2O4S. The van der Waals surface area contributed by atoms with Gasteiger partial charge in [-0.1, -0.05) is 36.4 Å². The number of rotatable bonds is 6. The second-order valence-electron chi connectivity index (χ2n) is 6.13. The molecule has 0 heterocycles. The first-order chi connectivity index (χ1) is 13.3. The molecule has 1 N–H and O–H groups in total. The average Bonchev–Trinajstić information content (AvgIpc) is 2.68. The number of nitrogens with one attached hydrogen (secondary N) is 1. The molecule has 0 unspecified atom stereocenters. The Morgan fingerprint density at radius 3 is 2.54 bits per heavy atom. The fraction of sp³-hybridized carbons (Fsp3) is 0.150. The van der Waals surface area contributed by atoms with Crippen LogP contribution >= 0.6 is 15.9 Å². The number of nitrogens with zero attached hydrogens (tertiary/aromatic N) is 1. The minimum atomic E-state index is -3.83. The van der Waals surface area contributed by atoms with Crippen LogP contribution in [0.5, 0.6) is 5.75 Å². The van der Waals surface area contributed by atoms with Crippen LogP contribution in [-0.4, -0.2) is 39.3 Å². The number of amides is 1. The lowest BCUT2D eigenvalue weighted by atomic mass is 10.1. The number of carbonyl (C=O) groups is 1. The van der Waals surface area contributed by atoms with Crippen LogP contribution in [0.15, 0.2) is 70.0 Å². The molecule has 1 amide bonds. The topological polar surface area (TPSA) is 75.7 Å². The van der Waals surface area contributed by atoms with Gasteiger partial charge in [0.15, 0.2) is 0 Å². The SMILES string of the molecule is COc1ccc(S(=O)(=O)N(C)CC(=O)Nc2cccc3ccccc23)cc1Br. The highest BCUT2D eigenvalue weighted by atomic mass is 79.9. The molecule has 28 heavy (non-hydrogen) atoms. The van der Waals surface area contributed by atoms with Crippen molar-refractivity contribution in [3.8, 4) is 5.75 Å². The van der Waals surface area contributed by atoms with Crippen LogP contribution in [0, 0.1) is 0 Å². The van der Waals surface area contributed by atoms with Gasteiger partial charge in [-0.05, 0) is 45.6 Å². The molecule has 0 atom stereocenters. The van der Waals surface area contributed by atoms with Crippen LogP contribution in [0.3, 0.4) is 0 Å². The van der Waals surface area contributed by atoms with Gasteiger partial charge in [0.25, 0.3) is 0 Å². The number of carbonyl (C=O) groups excluding carboxylic acids is 1. The zero-order valence-corrected chi connectivity index (χ0v) is 17.7. The third kappa shape index (κ3) is 4.19. The summed E-state index contributed by atoms with van der Waals surface area (Å²) in [5.74, 6) is 0.102. The van der Waals surface area contributed by atoms with Gasteiger partial charge in [0, 0.05) is 18.1 Å². The van der Waals surface area contributed by atoms with Crippen molar-refractivity contribution in [2.45, 2.75) is 4.90 Å². The number of methoxy groups -OCH3 is 1. The van der Waals surface area contributed by atoms with Crippen LogP contribution < -0.4 is 10.1 Å². The summed E-state index contributed by atoms with van der Waals surface area (Å²) in [6, 6.07) is 17.7. The smallest absolute Gasteiger partial charge is 0.243 e. The van der Waals surface area contributed by atoms with Crippen molar-refractivity contribution in [2.75, 3.05) is 26.0 Å². The van der Waals surface area contributed by atoms with Gasteiger partial charge in [-0.15, -0.1) is 0 Å². The quantitative estimate of drug-likeness (QED) is 0.603. The molecule has 3 rings (SSSR count). The molecule has 3 aromatic carbocycles. The van der Waals surface area contributed by atoms with Gasteiger partial charge in [0.05, 0.1) is 23.0 Å². The molecule has 0 radical (unpaired) electrons. The van der Waals surface area contributed by atoms with E-state index in [0.29, 0.717) is 15.9 Å². The van der Waals surface area contributed by atoms with Crippen molar-refractivity contribution < 1.29 is 17.9 Å². The fourth-order valence-electron chi connectivity index (χ4n) is 2.80. The minimum Gasteiger partial charge on any atom is -0.496 e. The molecular weight excluding hydrogens is 444 g/mol. The van der Waals surface area contributed by atoms with Gasteiger partial charge in [-0.2, -0.15) is 4.31 Å². The second-order valence-corrected chi connectivity index (χ2v) is 9.03. The highest BCUT2D eigenvalue weighted by Gasteiger charge is 2.24. The number of halogens is 1. The standard InChI is InChI=1S/C20H19BrN2O4S/c1-23(28(25,26)15-10-11-19(27-2)17(21)12-15)13-20(24)22-18-9-5-7-14-6-3-4-8-16(14)18/h3-12H,13H2,1-2H3,(H,22,24). The van der Waals surface area contributed by atoms with Crippen LogP contribution in [0.4, 0.5) is 5.69 Å². The molecule has 8 heteroatoms. The summed E-state index contributed by atoms with van der Waals surface area (Å²) in [5, 5.41) is 4.68. The molecule has 0 aliphatic carbocycles. The maximum absolute atomic E-state index is 12.8. The molecule has 0 aliphatic heterocycles. The summed E-state index contributed by atoms with van der Waals surface area (Å²) < 4.78 is 32.2. The molecule has 0 aliphatic rings. The van der Waals surface area contributed by atoms with Crippen molar-refractivity contribution >= 4 is 48.3 Å². The molecule has 0 saturated carbocycles. The molecule has 0 bridgehead atoms. The van der Waals surface area contributed by atoms with Gasteiger partial charge in [-0.3, -0.25) is 4.79 Å². The maximum Gasteiger partial charge on any atom is 0.243 e. The summed E-state index contributed by atoms with van der Waals surface area (Å²) >= 11 is 3.28. The molecule has 0 saturated heterocycles. The number of anilines is 1. The highest BCUT2D eigenvalue weighted by molar-refractivity contribution is 9.10. The van der Waals surface area contributed by atoms with Crippen LogP contribution in [0.1, 0.15) is 0 Å². The summed E-state index contributed by atoms with van der Waals surface area (Å²) in [6.07, 6.45) is 0. The number of likely N-dealkylation sites (N-methyl/N-ethyl adjacent to an activating group) is 1. The van der Waals surface area contributed by atoms with Crippen molar-refractivity contribution in [1.82, 2.24) is 4.31 Å². The molecule has 6 nitrogen and oxygen atoms in total. The molecule has 146 valence electrons. The number of hydrogen-bond acceptors (Lipinski definition) is 4. The lowest BCUT2D eigenvalue weighted by Crippen LogP contribution is -2.35. The van der Waals surface area contributed by atoms with E-state index in [-0.39, 0.29) is 11.4 Å². The second kappa shape index (κ2) is 8.30. The first-order valence-corrected chi connectivity index (χ1v) is 10.6. The van der Waals surface area contributed by atoms with Gasteiger partial charge in [-0.25, -0.2) is 8.42 Å². The van der Waals surface area contributed by atoms with E-state index >= 15 is 0 Å². The molecule has 0 fully saturated rings. The molecule has 0 spiro atoms. The van der Waals surface area contributed by atoms with Crippen molar-refractivity contribution in [1.29, 1.82) is 0 Å². The highest BCUT2D eigenvalue weighted by Crippen LogP contribution is 2.28. The number of ether oxygens (including phenoxy) is 1. The molecule has 0 aromatic heterocycles. The van der Waals surface area contributed by atoms with E-state index in [1.165, 1.54) is 26.3 Å². The summed E-state index contributed by atoms with van der Waals surface area (Å²) in [6.45, 7) is -0.310. The number of sulfonamides is 1. The monoisotopic (exact) mass is 462 g/mol. The number of fused-ring (bicyclic) bond motifs is 1. The third-order valence-electron chi connectivity index (χ3n) is 4.26. The van der Waals surface area contributed by atoms with E-state index in [4.69, 9.17) is 4.74 Å². The first-order valence-electron chi connectivity index (χ1n) is 8.40. The summed E-state index contributed by atoms with van der Waals surface area (Å²) in [7, 11) is -0.960. The third-order valence-corrected chi connectivity index (χ3v) is 6.68. The number of benzene rings is 3. The fourth-order valence-corrected chi connectivity index (χ4v) is 4.64. The normalized spacial score (nSPS) is 11.6. The Kier molecular flexibility index (Phi) is 6.02. The summed E-state index contributed by atoms with van der Waals surface area (Å²) in [5.41, 5.74) is 0.640. The predicted octanol–water partition coefficient (Wildman–Crippen LogP) is 3.87. The first kappa shape index (κ1) is 20.3. The minimum absolute atomic E-state index is 0.0700. The van der Waals surface area contributed by atoms with E-state index < -0.39 is 15.9 Å². The van der Waals surface area contributed by atoms with E-state index in [1.54, 1.807) is 12.1 Å². The zero-order valence-electron chi connectivity index (χ0n) is 15.3. The Labute approximate surface area is 172 Å². The van der Waals surface area contributed by atoms with Crippen molar-refractivity contribution in [3.63, 3.8) is 0 Å². The van der Waals surface area contributed by atoms with Crippen LogP contribution in [-0.2, 0) is 14.8 Å². The lowest BCUT2D eigenvalue weighted by molar-refractivity contribution is -0.116. The van der Waals surface area contributed by atoms with Gasteiger partial charge in [0.2, 0.25) is 15.9 Å². The zero-order chi connectivity index (χ0) is 20.3. The average molecular weight is 463 g/mol. The van der Waals surface area contributed by atoms with Crippen molar-refractivity contribution in [3.05, 3.63) is 65.1 Å². The Bertz CT molecular complexity index is 1130. The van der Waals surface area contributed by atoms with Gasteiger partial charge in [0.1, 0.15) is 5.75 Å². The Morgan fingerprint density at radius 2 is 1.82 bits per heavy atom. The van der Waals surface area contributed by atoms with Gasteiger partial charge >= 0.3 is 0 Å². The predicted molar refractivity (Wildman–Crippen MR) is 113 cm³/mol. The van der Waals surface area contributed by atoms with Crippen LogP contribution in [0.25, 0.3) is 10.8 Å². The Balaban J connectivity index is 1.77. The van der Waals surface area contributed by atoms with E-state index in [9.17, 15) is 13.2 Å². The number of hydrogen-bond donors (Lipinski definition) is 1. The van der Waals surface area contributed by atoms with Crippen LogP contribution in [0.2, 0.25) is 0 Å². The van der Waals surface area contributed by atoms with Gasteiger partial charge < -0.3 is 10.1 Å². The van der Waals surface area contributed by atoms with E-state index in [1.807, 2.05) is 36.4 Å². The maximum atomic E-state index is 12.8. The molecule has 3 aromatic rings. The lowest BCUT2D eigenvalue weighted by Gasteiger charge is -2.18. The Hall–Kier alpha value is -2.42. The summed E-state index contributed by atoms with van der Waals surface area (Å²) in [4.78, 5) is 12.5.